The summed E-state index contributed by atoms with van der Waals surface area (Å²) in [5.74, 6) is -0.198. The molecule has 1 N–H and O–H groups in total. The molecule has 1 aliphatic rings. The zero-order chi connectivity index (χ0) is 25.4. The first kappa shape index (κ1) is 24.1. The third kappa shape index (κ3) is 4.60. The van der Waals surface area contributed by atoms with Gasteiger partial charge in [-0.1, -0.05) is 36.4 Å². The molecule has 0 fully saturated rings. The van der Waals surface area contributed by atoms with Crippen LogP contribution in [0, 0.1) is 13.8 Å². The van der Waals surface area contributed by atoms with Gasteiger partial charge in [-0.05, 0) is 59.7 Å². The Hall–Kier alpha value is -3.65. The van der Waals surface area contributed by atoms with Crippen LogP contribution in [0.25, 0.3) is 11.0 Å². The van der Waals surface area contributed by atoms with Gasteiger partial charge in [0, 0.05) is 45.2 Å². The van der Waals surface area contributed by atoms with Gasteiger partial charge in [0.15, 0.2) is 0 Å². The van der Waals surface area contributed by atoms with Crippen LogP contribution in [0.2, 0.25) is 0 Å². The number of hydrogen-bond donors (Lipinski definition) is 1. The molecule has 8 heteroatoms. The second-order valence-electron chi connectivity index (χ2n) is 9.77. The summed E-state index contributed by atoms with van der Waals surface area (Å²) < 4.78 is 1.74. The highest BCUT2D eigenvalue weighted by molar-refractivity contribution is 5.80. The Morgan fingerprint density at radius 1 is 1.19 bits per heavy atom. The van der Waals surface area contributed by atoms with E-state index in [0.717, 1.165) is 71.7 Å². The van der Waals surface area contributed by atoms with Gasteiger partial charge in [-0.15, -0.1) is 5.10 Å². The van der Waals surface area contributed by atoms with Gasteiger partial charge in [-0.2, -0.15) is 0 Å². The minimum absolute atomic E-state index is 0.0168. The summed E-state index contributed by atoms with van der Waals surface area (Å²) in [6.45, 7) is 8.76. The first-order valence-corrected chi connectivity index (χ1v) is 12.5. The summed E-state index contributed by atoms with van der Waals surface area (Å²) >= 11 is 0. The predicted molar refractivity (Wildman–Crippen MR) is 138 cm³/mol. The second-order valence-corrected chi connectivity index (χ2v) is 9.77. The highest BCUT2D eigenvalue weighted by atomic mass is 16.4. The van der Waals surface area contributed by atoms with E-state index in [9.17, 15) is 9.90 Å². The summed E-state index contributed by atoms with van der Waals surface area (Å²) in [4.78, 5) is 23.6. The monoisotopic (exact) mass is 484 g/mol. The number of hydrogen-bond acceptors (Lipinski definition) is 6. The number of carboxylic acids is 1. The van der Waals surface area contributed by atoms with Gasteiger partial charge >= 0.3 is 5.97 Å². The highest BCUT2D eigenvalue weighted by Gasteiger charge is 2.24. The first-order valence-electron chi connectivity index (χ1n) is 12.5. The quantitative estimate of drug-likeness (QED) is 0.422. The summed E-state index contributed by atoms with van der Waals surface area (Å²) in [5.41, 5.74) is 9.52. The number of nitrogens with zero attached hydrogens (tertiary/aromatic N) is 6. The Balaban J connectivity index is 1.46. The lowest BCUT2D eigenvalue weighted by molar-refractivity contribution is -0.137. The van der Waals surface area contributed by atoms with Crippen LogP contribution >= 0.6 is 0 Å². The molecule has 0 bridgehead atoms. The van der Waals surface area contributed by atoms with Crippen LogP contribution < -0.4 is 0 Å². The molecule has 8 nitrogen and oxygen atoms in total. The van der Waals surface area contributed by atoms with E-state index in [4.69, 9.17) is 4.98 Å². The van der Waals surface area contributed by atoms with Crippen LogP contribution in [-0.4, -0.2) is 47.5 Å². The number of carboxylic acid groups (broad SMARTS) is 1. The van der Waals surface area contributed by atoms with Gasteiger partial charge in [-0.25, -0.2) is 14.6 Å². The van der Waals surface area contributed by atoms with E-state index in [0.29, 0.717) is 0 Å². The molecule has 5 rings (SSSR count). The Morgan fingerprint density at radius 3 is 2.81 bits per heavy atom. The standard InChI is InChI=1S/C28H32N6O2/c1-5-26-29-14-20-10-11-34(16-24(20)30-26)15-21-12-19(7-6-17(21)2)23(13-27(35)36)22-8-9-25-28(18(22)3)31-32-33(25)4/h6-9,12,14,23H,5,10-11,13,15-16H2,1-4H3,(H,35,36). The molecule has 1 unspecified atom stereocenters. The third-order valence-corrected chi connectivity index (χ3v) is 7.39. The fraction of sp³-hybridized carbons (Fsp3) is 0.393. The van der Waals surface area contributed by atoms with Crippen molar-refractivity contribution in [2.75, 3.05) is 6.54 Å². The van der Waals surface area contributed by atoms with E-state index in [2.05, 4.69) is 52.2 Å². The second kappa shape index (κ2) is 9.78. The maximum Gasteiger partial charge on any atom is 0.304 e. The van der Waals surface area contributed by atoms with Crippen LogP contribution in [0.1, 0.15) is 64.2 Å². The van der Waals surface area contributed by atoms with E-state index < -0.39 is 5.97 Å². The summed E-state index contributed by atoms with van der Waals surface area (Å²) in [6, 6.07) is 10.4. The molecule has 0 aliphatic carbocycles. The van der Waals surface area contributed by atoms with E-state index in [1.54, 1.807) is 4.68 Å². The normalized spacial score (nSPS) is 14.7. The van der Waals surface area contributed by atoms with Crippen molar-refractivity contribution in [3.05, 3.63) is 81.4 Å². The zero-order valence-electron chi connectivity index (χ0n) is 21.3. The summed E-state index contributed by atoms with van der Waals surface area (Å²) in [7, 11) is 1.86. The molecular formula is C28H32N6O2. The lowest BCUT2D eigenvalue weighted by Crippen LogP contribution is -2.31. The molecule has 186 valence electrons. The molecule has 36 heavy (non-hydrogen) atoms. The number of aliphatic carboxylic acids is 1. The van der Waals surface area contributed by atoms with Gasteiger partial charge in [0.25, 0.3) is 0 Å². The van der Waals surface area contributed by atoms with Gasteiger partial charge in [0.1, 0.15) is 11.3 Å². The molecule has 0 saturated heterocycles. The molecular weight excluding hydrogens is 452 g/mol. The van der Waals surface area contributed by atoms with E-state index in [1.165, 1.54) is 16.7 Å². The van der Waals surface area contributed by atoms with Crippen molar-refractivity contribution in [2.45, 2.75) is 59.0 Å². The van der Waals surface area contributed by atoms with Crippen LogP contribution in [0.4, 0.5) is 0 Å². The third-order valence-electron chi connectivity index (χ3n) is 7.39. The number of carbonyl (C=O) groups is 1. The molecule has 1 aliphatic heterocycles. The van der Waals surface area contributed by atoms with Gasteiger partial charge in [0.2, 0.25) is 0 Å². The van der Waals surface area contributed by atoms with E-state index in [1.807, 2.05) is 32.3 Å². The van der Waals surface area contributed by atoms with Gasteiger partial charge in [-0.3, -0.25) is 9.69 Å². The van der Waals surface area contributed by atoms with Gasteiger partial charge in [0.05, 0.1) is 17.6 Å². The maximum atomic E-state index is 11.9. The Bertz CT molecular complexity index is 1440. The molecule has 0 radical (unpaired) electrons. The predicted octanol–water partition coefficient (Wildman–Crippen LogP) is 4.10. The molecule has 1 atom stereocenters. The molecule has 2 aromatic heterocycles. The smallest absolute Gasteiger partial charge is 0.304 e. The van der Waals surface area contributed by atoms with Crippen molar-refractivity contribution in [2.24, 2.45) is 7.05 Å². The Morgan fingerprint density at radius 2 is 2.03 bits per heavy atom. The number of aromatic nitrogens is 5. The number of aryl methyl sites for hydroxylation is 4. The minimum Gasteiger partial charge on any atom is -0.481 e. The largest absolute Gasteiger partial charge is 0.481 e. The molecule has 4 aromatic rings. The Kier molecular flexibility index (Phi) is 6.53. The minimum atomic E-state index is -0.820. The zero-order valence-corrected chi connectivity index (χ0v) is 21.3. The van der Waals surface area contributed by atoms with Crippen LogP contribution in [0.5, 0.6) is 0 Å². The van der Waals surface area contributed by atoms with Crippen molar-refractivity contribution < 1.29 is 9.90 Å². The molecule has 3 heterocycles. The molecule has 0 spiro atoms. The van der Waals surface area contributed by atoms with Crippen molar-refractivity contribution in [1.82, 2.24) is 29.9 Å². The fourth-order valence-corrected chi connectivity index (χ4v) is 5.23. The van der Waals surface area contributed by atoms with Gasteiger partial charge < -0.3 is 5.11 Å². The van der Waals surface area contributed by atoms with Crippen LogP contribution in [-0.2, 0) is 37.8 Å². The number of fused-ring (bicyclic) bond motifs is 2. The molecule has 2 aromatic carbocycles. The van der Waals surface area contributed by atoms with Crippen molar-refractivity contribution >= 4 is 17.0 Å². The van der Waals surface area contributed by atoms with E-state index >= 15 is 0 Å². The van der Waals surface area contributed by atoms with Crippen molar-refractivity contribution in [3.63, 3.8) is 0 Å². The van der Waals surface area contributed by atoms with E-state index in [-0.39, 0.29) is 12.3 Å². The first-order chi connectivity index (χ1) is 17.3. The average molecular weight is 485 g/mol. The molecule has 0 amide bonds. The highest BCUT2D eigenvalue weighted by Crippen LogP contribution is 2.34. The topological polar surface area (TPSA) is 97.0 Å². The lowest BCUT2D eigenvalue weighted by Gasteiger charge is -2.29. The number of benzene rings is 2. The van der Waals surface area contributed by atoms with Crippen LogP contribution in [0.3, 0.4) is 0 Å². The maximum absolute atomic E-state index is 11.9. The lowest BCUT2D eigenvalue weighted by atomic mass is 9.84. The van der Waals surface area contributed by atoms with Crippen LogP contribution in [0.15, 0.2) is 36.5 Å². The number of rotatable bonds is 7. The average Bonchev–Trinajstić information content (AvgIpc) is 3.25. The summed E-state index contributed by atoms with van der Waals surface area (Å²) in [6.07, 6.45) is 3.77. The molecule has 0 saturated carbocycles. The SMILES string of the molecule is CCc1ncc2c(n1)CN(Cc1cc(C(CC(=O)O)c3ccc4c(nnn4C)c3C)ccc1C)CC2. The Labute approximate surface area is 211 Å². The van der Waals surface area contributed by atoms with Crippen molar-refractivity contribution in [3.8, 4) is 0 Å². The summed E-state index contributed by atoms with van der Waals surface area (Å²) in [5, 5.41) is 18.2. The van der Waals surface area contributed by atoms with Crippen molar-refractivity contribution in [1.29, 1.82) is 0 Å². The fourth-order valence-electron chi connectivity index (χ4n) is 5.23.